The second-order valence-corrected chi connectivity index (χ2v) is 4.98. The SMILES string of the molecule is CCc1oc2ccccc2c1C(=O)Cc1cccc(F)c1. The van der Waals surface area contributed by atoms with Crippen molar-refractivity contribution in [1.29, 1.82) is 0 Å². The zero-order valence-electron chi connectivity index (χ0n) is 11.7. The van der Waals surface area contributed by atoms with Gasteiger partial charge in [-0.15, -0.1) is 0 Å². The maximum absolute atomic E-state index is 13.2. The van der Waals surface area contributed by atoms with Crippen LogP contribution in [0, 0.1) is 5.82 Å². The third-order valence-corrected chi connectivity index (χ3v) is 3.52. The lowest BCUT2D eigenvalue weighted by molar-refractivity contribution is 0.0992. The summed E-state index contributed by atoms with van der Waals surface area (Å²) in [5.74, 6) is 0.327. The summed E-state index contributed by atoms with van der Waals surface area (Å²) in [6.07, 6.45) is 0.827. The van der Waals surface area contributed by atoms with Crippen LogP contribution < -0.4 is 0 Å². The number of hydrogen-bond acceptors (Lipinski definition) is 2. The minimum Gasteiger partial charge on any atom is -0.460 e. The van der Waals surface area contributed by atoms with Crippen molar-refractivity contribution in [2.45, 2.75) is 19.8 Å². The van der Waals surface area contributed by atoms with Crippen LogP contribution in [-0.2, 0) is 12.8 Å². The van der Waals surface area contributed by atoms with E-state index in [2.05, 4.69) is 0 Å². The Morgan fingerprint density at radius 1 is 1.14 bits per heavy atom. The van der Waals surface area contributed by atoms with E-state index in [1.165, 1.54) is 12.1 Å². The fraction of sp³-hybridized carbons (Fsp3) is 0.167. The van der Waals surface area contributed by atoms with Gasteiger partial charge in [0.25, 0.3) is 0 Å². The average Bonchev–Trinajstić information content (AvgIpc) is 2.85. The number of Topliss-reactive ketones (excluding diaryl/α,β-unsaturated/α-hetero) is 1. The van der Waals surface area contributed by atoms with Crippen LogP contribution >= 0.6 is 0 Å². The molecule has 106 valence electrons. The van der Waals surface area contributed by atoms with Crippen LogP contribution in [0.15, 0.2) is 52.9 Å². The molecule has 0 N–H and O–H groups in total. The van der Waals surface area contributed by atoms with Gasteiger partial charge in [0, 0.05) is 18.2 Å². The molecule has 0 atom stereocenters. The summed E-state index contributed by atoms with van der Waals surface area (Å²) in [7, 11) is 0. The number of benzene rings is 2. The van der Waals surface area contributed by atoms with Gasteiger partial charge in [-0.25, -0.2) is 4.39 Å². The molecule has 0 aliphatic rings. The topological polar surface area (TPSA) is 30.2 Å². The highest BCUT2D eigenvalue weighted by Crippen LogP contribution is 2.27. The molecule has 0 aliphatic heterocycles. The van der Waals surface area contributed by atoms with Crippen molar-refractivity contribution < 1.29 is 13.6 Å². The molecule has 0 aliphatic carbocycles. The number of carbonyl (C=O) groups is 1. The summed E-state index contributed by atoms with van der Waals surface area (Å²) in [5.41, 5.74) is 2.02. The van der Waals surface area contributed by atoms with Crippen molar-refractivity contribution in [2.24, 2.45) is 0 Å². The van der Waals surface area contributed by atoms with Crippen molar-refractivity contribution in [1.82, 2.24) is 0 Å². The van der Waals surface area contributed by atoms with Crippen molar-refractivity contribution in [3.05, 3.63) is 71.2 Å². The van der Waals surface area contributed by atoms with E-state index < -0.39 is 0 Å². The summed E-state index contributed by atoms with van der Waals surface area (Å²) in [6.45, 7) is 1.96. The Kier molecular flexibility index (Phi) is 3.57. The lowest BCUT2D eigenvalue weighted by Gasteiger charge is -2.02. The molecule has 1 heterocycles. The monoisotopic (exact) mass is 282 g/mol. The predicted octanol–water partition coefficient (Wildman–Crippen LogP) is 4.56. The first-order chi connectivity index (χ1) is 10.2. The Balaban J connectivity index is 2.01. The number of furan rings is 1. The Morgan fingerprint density at radius 2 is 1.95 bits per heavy atom. The lowest BCUT2D eigenvalue weighted by Crippen LogP contribution is -2.05. The van der Waals surface area contributed by atoms with Crippen molar-refractivity contribution in [3.8, 4) is 0 Å². The number of fused-ring (bicyclic) bond motifs is 1. The van der Waals surface area contributed by atoms with Crippen LogP contribution in [-0.4, -0.2) is 5.78 Å². The fourth-order valence-corrected chi connectivity index (χ4v) is 2.57. The van der Waals surface area contributed by atoms with Crippen molar-refractivity contribution in [2.75, 3.05) is 0 Å². The van der Waals surface area contributed by atoms with Gasteiger partial charge in [0.05, 0.1) is 5.56 Å². The van der Waals surface area contributed by atoms with Gasteiger partial charge >= 0.3 is 0 Å². The highest BCUT2D eigenvalue weighted by atomic mass is 19.1. The van der Waals surface area contributed by atoms with Gasteiger partial charge in [0.2, 0.25) is 0 Å². The number of hydrogen-bond donors (Lipinski definition) is 0. The average molecular weight is 282 g/mol. The first kappa shape index (κ1) is 13.6. The number of ketones is 1. The normalized spacial score (nSPS) is 11.0. The second-order valence-electron chi connectivity index (χ2n) is 4.98. The third kappa shape index (κ3) is 2.59. The Morgan fingerprint density at radius 3 is 2.71 bits per heavy atom. The Hall–Kier alpha value is -2.42. The zero-order valence-corrected chi connectivity index (χ0v) is 11.7. The molecule has 0 saturated heterocycles. The van der Waals surface area contributed by atoms with Crippen LogP contribution in [0.1, 0.15) is 28.6 Å². The van der Waals surface area contributed by atoms with E-state index in [0.29, 0.717) is 23.3 Å². The fourth-order valence-electron chi connectivity index (χ4n) is 2.57. The number of carbonyl (C=O) groups excluding carboxylic acids is 1. The zero-order chi connectivity index (χ0) is 14.8. The van der Waals surface area contributed by atoms with E-state index in [0.717, 1.165) is 11.0 Å². The van der Waals surface area contributed by atoms with Gasteiger partial charge in [-0.1, -0.05) is 37.3 Å². The summed E-state index contributed by atoms with van der Waals surface area (Å²) < 4.78 is 19.0. The molecule has 1 aromatic heterocycles. The highest BCUT2D eigenvalue weighted by molar-refractivity contribution is 6.09. The summed E-state index contributed by atoms with van der Waals surface area (Å²) in [6, 6.07) is 13.7. The van der Waals surface area contributed by atoms with E-state index in [1.54, 1.807) is 12.1 Å². The van der Waals surface area contributed by atoms with E-state index >= 15 is 0 Å². The molecule has 0 fully saturated rings. The quantitative estimate of drug-likeness (QED) is 0.657. The molecule has 3 aromatic rings. The molecule has 0 bridgehead atoms. The molecule has 2 aromatic carbocycles. The molecular formula is C18H15FO2. The summed E-state index contributed by atoms with van der Waals surface area (Å²) in [5, 5.41) is 0.829. The predicted molar refractivity (Wildman–Crippen MR) is 80.0 cm³/mol. The van der Waals surface area contributed by atoms with Crippen molar-refractivity contribution in [3.63, 3.8) is 0 Å². The first-order valence-electron chi connectivity index (χ1n) is 6.97. The van der Waals surface area contributed by atoms with E-state index in [-0.39, 0.29) is 18.0 Å². The number of rotatable bonds is 4. The van der Waals surface area contributed by atoms with Gasteiger partial charge < -0.3 is 4.42 Å². The van der Waals surface area contributed by atoms with Gasteiger partial charge in [-0.3, -0.25) is 4.79 Å². The van der Waals surface area contributed by atoms with Gasteiger partial charge in [0.1, 0.15) is 17.2 Å². The maximum atomic E-state index is 13.2. The molecule has 3 rings (SSSR count). The summed E-state index contributed by atoms with van der Waals surface area (Å²) >= 11 is 0. The minimum absolute atomic E-state index is 0.0394. The number of para-hydroxylation sites is 1. The largest absolute Gasteiger partial charge is 0.460 e. The van der Waals surface area contributed by atoms with E-state index in [4.69, 9.17) is 4.42 Å². The number of halogens is 1. The molecular weight excluding hydrogens is 267 g/mol. The van der Waals surface area contributed by atoms with Gasteiger partial charge in [-0.2, -0.15) is 0 Å². The minimum atomic E-state index is -0.326. The smallest absolute Gasteiger partial charge is 0.171 e. The Labute approximate surface area is 122 Å². The lowest BCUT2D eigenvalue weighted by atomic mass is 9.99. The molecule has 0 unspecified atom stereocenters. The summed E-state index contributed by atoms with van der Waals surface area (Å²) in [4.78, 5) is 12.6. The Bertz CT molecular complexity index is 802. The first-order valence-corrected chi connectivity index (χ1v) is 6.97. The molecule has 2 nitrogen and oxygen atoms in total. The standard InChI is InChI=1S/C18H15FO2/c1-2-16-18(14-8-3-4-9-17(14)21-16)15(20)11-12-6-5-7-13(19)10-12/h3-10H,2,11H2,1H3. The maximum Gasteiger partial charge on any atom is 0.171 e. The molecule has 0 saturated carbocycles. The molecule has 21 heavy (non-hydrogen) atoms. The van der Waals surface area contributed by atoms with E-state index in [1.807, 2.05) is 31.2 Å². The van der Waals surface area contributed by atoms with E-state index in [9.17, 15) is 9.18 Å². The van der Waals surface area contributed by atoms with Crippen LogP contribution in [0.5, 0.6) is 0 Å². The van der Waals surface area contributed by atoms with Crippen LogP contribution in [0.4, 0.5) is 4.39 Å². The third-order valence-electron chi connectivity index (χ3n) is 3.52. The molecule has 0 amide bonds. The highest BCUT2D eigenvalue weighted by Gasteiger charge is 2.19. The molecule has 0 radical (unpaired) electrons. The van der Waals surface area contributed by atoms with Crippen LogP contribution in [0.3, 0.4) is 0 Å². The van der Waals surface area contributed by atoms with Crippen LogP contribution in [0.2, 0.25) is 0 Å². The van der Waals surface area contributed by atoms with Gasteiger partial charge in [-0.05, 0) is 23.8 Å². The molecule has 3 heteroatoms. The van der Waals surface area contributed by atoms with Gasteiger partial charge in [0.15, 0.2) is 5.78 Å². The molecule has 0 spiro atoms. The second kappa shape index (κ2) is 5.52. The number of aryl methyl sites for hydroxylation is 1. The van der Waals surface area contributed by atoms with Crippen LogP contribution in [0.25, 0.3) is 11.0 Å². The van der Waals surface area contributed by atoms with Crippen molar-refractivity contribution >= 4 is 16.8 Å².